The SMILES string of the molecule is CCCCCCCCCCCC/C=C\C=C/OC(C)=O. The second kappa shape index (κ2) is 16.0. The molecule has 0 aromatic heterocycles. The van der Waals surface area contributed by atoms with Crippen molar-refractivity contribution >= 4 is 5.97 Å². The Hall–Kier alpha value is -1.05. The van der Waals surface area contributed by atoms with Crippen LogP contribution in [0, 0.1) is 0 Å². The van der Waals surface area contributed by atoms with E-state index >= 15 is 0 Å². The van der Waals surface area contributed by atoms with Gasteiger partial charge in [0.1, 0.15) is 0 Å². The van der Waals surface area contributed by atoms with Gasteiger partial charge >= 0.3 is 5.97 Å². The Morgan fingerprint density at radius 2 is 1.40 bits per heavy atom. The third kappa shape index (κ3) is 16.9. The van der Waals surface area contributed by atoms with Crippen LogP contribution in [0.1, 0.15) is 84.5 Å². The van der Waals surface area contributed by atoms with Crippen LogP contribution in [0.3, 0.4) is 0 Å². The van der Waals surface area contributed by atoms with Crippen LogP contribution in [0.15, 0.2) is 24.5 Å². The average molecular weight is 280 g/mol. The van der Waals surface area contributed by atoms with Crippen molar-refractivity contribution in [2.24, 2.45) is 0 Å². The Labute approximate surface area is 125 Å². The van der Waals surface area contributed by atoms with Gasteiger partial charge in [-0.3, -0.25) is 4.79 Å². The van der Waals surface area contributed by atoms with Crippen molar-refractivity contribution in [3.8, 4) is 0 Å². The van der Waals surface area contributed by atoms with Crippen LogP contribution in [0.5, 0.6) is 0 Å². The van der Waals surface area contributed by atoms with Crippen molar-refractivity contribution in [3.05, 3.63) is 24.5 Å². The van der Waals surface area contributed by atoms with Gasteiger partial charge in [-0.15, -0.1) is 0 Å². The quantitative estimate of drug-likeness (QED) is 0.181. The van der Waals surface area contributed by atoms with Crippen LogP contribution in [0.25, 0.3) is 0 Å². The van der Waals surface area contributed by atoms with E-state index in [0.717, 1.165) is 6.42 Å². The summed E-state index contributed by atoms with van der Waals surface area (Å²) in [5, 5.41) is 0. The molecule has 0 rings (SSSR count). The van der Waals surface area contributed by atoms with Crippen LogP contribution in [0.2, 0.25) is 0 Å². The van der Waals surface area contributed by atoms with Crippen molar-refractivity contribution in [1.82, 2.24) is 0 Å². The molecule has 0 atom stereocenters. The zero-order valence-electron chi connectivity index (χ0n) is 13.4. The summed E-state index contributed by atoms with van der Waals surface area (Å²) in [7, 11) is 0. The van der Waals surface area contributed by atoms with Gasteiger partial charge in [0.25, 0.3) is 0 Å². The zero-order valence-corrected chi connectivity index (χ0v) is 13.4. The number of esters is 1. The number of ether oxygens (including phenoxy) is 1. The molecule has 0 aromatic rings. The fourth-order valence-electron chi connectivity index (χ4n) is 2.10. The lowest BCUT2D eigenvalue weighted by Crippen LogP contribution is -1.88. The number of carbonyl (C=O) groups is 1. The fourth-order valence-corrected chi connectivity index (χ4v) is 2.10. The summed E-state index contributed by atoms with van der Waals surface area (Å²) >= 11 is 0. The first kappa shape index (κ1) is 18.9. The van der Waals surface area contributed by atoms with Gasteiger partial charge in [-0.25, -0.2) is 0 Å². The molecule has 0 aliphatic heterocycles. The second-order valence-corrected chi connectivity index (χ2v) is 5.34. The summed E-state index contributed by atoms with van der Waals surface area (Å²) in [6.07, 6.45) is 22.1. The summed E-state index contributed by atoms with van der Waals surface area (Å²) < 4.78 is 4.68. The third-order valence-corrected chi connectivity index (χ3v) is 3.28. The Bertz CT molecular complexity index is 267. The summed E-state index contributed by atoms with van der Waals surface area (Å²) in [4.78, 5) is 10.5. The number of unbranched alkanes of at least 4 members (excludes halogenated alkanes) is 10. The van der Waals surface area contributed by atoms with Crippen LogP contribution < -0.4 is 0 Å². The number of carbonyl (C=O) groups excluding carboxylic acids is 1. The summed E-state index contributed by atoms with van der Waals surface area (Å²) in [5.74, 6) is -0.274. The topological polar surface area (TPSA) is 26.3 Å². The highest BCUT2D eigenvalue weighted by molar-refractivity contribution is 5.66. The van der Waals surface area contributed by atoms with Crippen LogP contribution >= 0.6 is 0 Å². The van der Waals surface area contributed by atoms with E-state index in [4.69, 9.17) is 0 Å². The van der Waals surface area contributed by atoms with Crippen molar-refractivity contribution in [3.63, 3.8) is 0 Å². The first-order chi connectivity index (χ1) is 9.77. The van der Waals surface area contributed by atoms with Gasteiger partial charge in [0.15, 0.2) is 0 Å². The van der Waals surface area contributed by atoms with Gasteiger partial charge < -0.3 is 4.74 Å². The van der Waals surface area contributed by atoms with Gasteiger partial charge in [0.2, 0.25) is 0 Å². The Kier molecular flexibility index (Phi) is 15.2. The zero-order chi connectivity index (χ0) is 14.9. The monoisotopic (exact) mass is 280 g/mol. The molecule has 20 heavy (non-hydrogen) atoms. The summed E-state index contributed by atoms with van der Waals surface area (Å²) in [6.45, 7) is 3.67. The molecule has 116 valence electrons. The van der Waals surface area contributed by atoms with Crippen molar-refractivity contribution in [1.29, 1.82) is 0 Å². The number of allylic oxidation sites excluding steroid dienone is 3. The maximum absolute atomic E-state index is 10.5. The van der Waals surface area contributed by atoms with Gasteiger partial charge in [0.05, 0.1) is 6.26 Å². The molecule has 2 nitrogen and oxygen atoms in total. The number of rotatable bonds is 13. The van der Waals surface area contributed by atoms with E-state index in [1.807, 2.05) is 6.08 Å². The number of hydrogen-bond acceptors (Lipinski definition) is 2. The molecule has 0 heterocycles. The van der Waals surface area contributed by atoms with Crippen LogP contribution in [-0.2, 0) is 9.53 Å². The molecule has 0 spiro atoms. The van der Waals surface area contributed by atoms with Gasteiger partial charge in [-0.1, -0.05) is 76.9 Å². The van der Waals surface area contributed by atoms with Crippen molar-refractivity contribution in [2.45, 2.75) is 84.5 Å². The third-order valence-electron chi connectivity index (χ3n) is 3.28. The molecule has 0 unspecified atom stereocenters. The minimum absolute atomic E-state index is 0.274. The highest BCUT2D eigenvalue weighted by Gasteiger charge is 1.91. The summed E-state index contributed by atoms with van der Waals surface area (Å²) in [6, 6.07) is 0. The molecule has 0 bridgehead atoms. The molecule has 0 N–H and O–H groups in total. The van der Waals surface area contributed by atoms with Crippen molar-refractivity contribution in [2.75, 3.05) is 0 Å². The lowest BCUT2D eigenvalue weighted by atomic mass is 10.1. The van der Waals surface area contributed by atoms with Gasteiger partial charge in [-0.05, 0) is 18.9 Å². The molecule has 0 aliphatic rings. The summed E-state index contributed by atoms with van der Waals surface area (Å²) in [5.41, 5.74) is 0. The lowest BCUT2D eigenvalue weighted by Gasteiger charge is -2.01. The van der Waals surface area contributed by atoms with Crippen LogP contribution in [-0.4, -0.2) is 5.97 Å². The van der Waals surface area contributed by atoms with Gasteiger partial charge in [-0.2, -0.15) is 0 Å². The van der Waals surface area contributed by atoms with Crippen molar-refractivity contribution < 1.29 is 9.53 Å². The first-order valence-corrected chi connectivity index (χ1v) is 8.26. The Morgan fingerprint density at radius 1 is 0.850 bits per heavy atom. The predicted molar refractivity (Wildman–Crippen MR) is 86.5 cm³/mol. The van der Waals surface area contributed by atoms with E-state index in [0.29, 0.717) is 0 Å². The average Bonchev–Trinajstić information content (AvgIpc) is 2.43. The maximum Gasteiger partial charge on any atom is 0.307 e. The first-order valence-electron chi connectivity index (χ1n) is 8.26. The molecule has 0 fully saturated rings. The largest absolute Gasteiger partial charge is 0.435 e. The molecule has 0 aliphatic carbocycles. The normalized spacial score (nSPS) is 11.5. The fraction of sp³-hybridized carbons (Fsp3) is 0.722. The Balaban J connectivity index is 3.14. The maximum atomic E-state index is 10.5. The van der Waals surface area contributed by atoms with E-state index in [-0.39, 0.29) is 5.97 Å². The molecule has 0 saturated carbocycles. The molecular formula is C18H32O2. The minimum Gasteiger partial charge on any atom is -0.435 e. The van der Waals surface area contributed by atoms with Crippen LogP contribution in [0.4, 0.5) is 0 Å². The highest BCUT2D eigenvalue weighted by Crippen LogP contribution is 2.11. The lowest BCUT2D eigenvalue weighted by molar-refractivity contribution is -0.135. The number of hydrogen-bond donors (Lipinski definition) is 0. The molecule has 2 heteroatoms. The van der Waals surface area contributed by atoms with E-state index in [9.17, 15) is 4.79 Å². The molecule has 0 radical (unpaired) electrons. The van der Waals surface area contributed by atoms with E-state index in [1.54, 1.807) is 6.08 Å². The molecule has 0 amide bonds. The van der Waals surface area contributed by atoms with E-state index < -0.39 is 0 Å². The standard InChI is InChI=1S/C18H32O2/c1-3-4-5-6-7-8-9-10-11-12-13-14-15-16-17-20-18(2)19/h14-17H,3-13H2,1-2H3/b15-14-,17-16-. The van der Waals surface area contributed by atoms with Gasteiger partial charge in [0, 0.05) is 6.92 Å². The highest BCUT2D eigenvalue weighted by atomic mass is 16.5. The molecule has 0 saturated heterocycles. The smallest absolute Gasteiger partial charge is 0.307 e. The minimum atomic E-state index is -0.274. The molecule has 0 aromatic carbocycles. The molecular weight excluding hydrogens is 248 g/mol. The van der Waals surface area contributed by atoms with E-state index in [1.165, 1.54) is 77.4 Å². The Morgan fingerprint density at radius 3 is 1.95 bits per heavy atom. The second-order valence-electron chi connectivity index (χ2n) is 5.34. The van der Waals surface area contributed by atoms with E-state index in [2.05, 4.69) is 17.7 Å². The predicted octanol–water partition coefficient (Wildman–Crippen LogP) is 5.93.